The van der Waals surface area contributed by atoms with E-state index in [4.69, 9.17) is 10.5 Å². The highest BCUT2D eigenvalue weighted by molar-refractivity contribution is 5.42. The lowest BCUT2D eigenvalue weighted by Gasteiger charge is -2.21. The number of benzene rings is 1. The minimum absolute atomic E-state index is 0.108. The highest BCUT2D eigenvalue weighted by Gasteiger charge is 2.16. The SMILES string of the molecule is Cc1cc(C(C)(C)C)ccc1Oc1ncccc1[C@H](C)N. The molecule has 2 N–H and O–H groups in total. The molecule has 0 aliphatic rings. The molecule has 0 radical (unpaired) electrons. The lowest BCUT2D eigenvalue weighted by Crippen LogP contribution is -2.11. The summed E-state index contributed by atoms with van der Waals surface area (Å²) in [6, 6.07) is 10.0. The quantitative estimate of drug-likeness (QED) is 0.902. The van der Waals surface area contributed by atoms with Gasteiger partial charge in [0, 0.05) is 17.8 Å². The van der Waals surface area contributed by atoms with Crippen molar-refractivity contribution in [2.45, 2.75) is 46.1 Å². The van der Waals surface area contributed by atoms with Gasteiger partial charge in [0.25, 0.3) is 0 Å². The van der Waals surface area contributed by atoms with Crippen LogP contribution in [0.3, 0.4) is 0 Å². The number of aryl methyl sites for hydroxylation is 1. The summed E-state index contributed by atoms with van der Waals surface area (Å²) in [6.07, 6.45) is 1.72. The van der Waals surface area contributed by atoms with Gasteiger partial charge in [-0.05, 0) is 42.5 Å². The molecule has 0 fully saturated rings. The third kappa shape index (κ3) is 3.61. The van der Waals surface area contributed by atoms with Gasteiger partial charge in [0.2, 0.25) is 5.88 Å². The van der Waals surface area contributed by atoms with Crippen molar-refractivity contribution in [3.63, 3.8) is 0 Å². The topological polar surface area (TPSA) is 48.1 Å². The van der Waals surface area contributed by atoms with Crippen LogP contribution in [0.4, 0.5) is 0 Å². The van der Waals surface area contributed by atoms with E-state index in [0.717, 1.165) is 16.9 Å². The molecule has 0 unspecified atom stereocenters. The van der Waals surface area contributed by atoms with E-state index in [0.29, 0.717) is 5.88 Å². The van der Waals surface area contributed by atoms with Crippen LogP contribution < -0.4 is 10.5 Å². The van der Waals surface area contributed by atoms with Crippen molar-refractivity contribution in [1.82, 2.24) is 4.98 Å². The minimum atomic E-state index is -0.108. The van der Waals surface area contributed by atoms with E-state index >= 15 is 0 Å². The molecule has 0 spiro atoms. The van der Waals surface area contributed by atoms with E-state index in [9.17, 15) is 0 Å². The van der Waals surface area contributed by atoms with Gasteiger partial charge in [-0.1, -0.05) is 39.0 Å². The molecule has 0 saturated carbocycles. The van der Waals surface area contributed by atoms with Gasteiger partial charge >= 0.3 is 0 Å². The highest BCUT2D eigenvalue weighted by Crippen LogP contribution is 2.31. The van der Waals surface area contributed by atoms with Crippen molar-refractivity contribution in [2.75, 3.05) is 0 Å². The van der Waals surface area contributed by atoms with E-state index in [-0.39, 0.29) is 11.5 Å². The van der Waals surface area contributed by atoms with Crippen LogP contribution in [0.1, 0.15) is 50.4 Å². The summed E-state index contributed by atoms with van der Waals surface area (Å²) in [4.78, 5) is 4.31. The van der Waals surface area contributed by atoms with E-state index in [1.807, 2.05) is 25.1 Å². The Hall–Kier alpha value is -1.87. The Balaban J connectivity index is 2.33. The van der Waals surface area contributed by atoms with Crippen molar-refractivity contribution >= 4 is 0 Å². The van der Waals surface area contributed by atoms with Crippen LogP contribution in [-0.4, -0.2) is 4.98 Å². The zero-order valence-corrected chi connectivity index (χ0v) is 13.5. The maximum Gasteiger partial charge on any atom is 0.223 e. The van der Waals surface area contributed by atoms with Crippen molar-refractivity contribution in [1.29, 1.82) is 0 Å². The summed E-state index contributed by atoms with van der Waals surface area (Å²) in [6.45, 7) is 10.6. The first-order chi connectivity index (χ1) is 9.79. The van der Waals surface area contributed by atoms with Gasteiger partial charge in [0.15, 0.2) is 0 Å². The van der Waals surface area contributed by atoms with Gasteiger partial charge in [-0.15, -0.1) is 0 Å². The molecular weight excluding hydrogens is 260 g/mol. The van der Waals surface area contributed by atoms with Crippen molar-refractivity contribution in [2.24, 2.45) is 5.73 Å². The van der Waals surface area contributed by atoms with Crippen LogP contribution in [0.2, 0.25) is 0 Å². The third-order valence-electron chi connectivity index (χ3n) is 3.54. The van der Waals surface area contributed by atoms with Gasteiger partial charge in [-0.25, -0.2) is 4.98 Å². The number of ether oxygens (including phenoxy) is 1. The maximum atomic E-state index is 5.98. The summed E-state index contributed by atoms with van der Waals surface area (Å²) < 4.78 is 5.98. The first-order valence-electron chi connectivity index (χ1n) is 7.28. The summed E-state index contributed by atoms with van der Waals surface area (Å²) in [5.74, 6) is 1.41. The van der Waals surface area contributed by atoms with Crippen molar-refractivity contribution in [3.8, 4) is 11.6 Å². The lowest BCUT2D eigenvalue weighted by atomic mass is 9.86. The molecule has 0 aliphatic heterocycles. The molecule has 1 atom stereocenters. The van der Waals surface area contributed by atoms with Crippen LogP contribution in [0, 0.1) is 6.92 Å². The van der Waals surface area contributed by atoms with Crippen molar-refractivity contribution in [3.05, 3.63) is 53.2 Å². The predicted molar refractivity (Wildman–Crippen MR) is 86.8 cm³/mol. The van der Waals surface area contributed by atoms with Gasteiger partial charge in [0.1, 0.15) is 5.75 Å². The second kappa shape index (κ2) is 5.86. The molecule has 0 bridgehead atoms. The Kier molecular flexibility index (Phi) is 4.33. The number of aromatic nitrogens is 1. The first-order valence-corrected chi connectivity index (χ1v) is 7.28. The standard InChI is InChI=1S/C18H24N2O/c1-12-11-14(18(3,4)5)8-9-16(12)21-17-15(13(2)19)7-6-10-20-17/h6-11,13H,19H2,1-5H3/t13-/m0/s1. The van der Waals surface area contributed by atoms with Crippen LogP contribution in [0.5, 0.6) is 11.6 Å². The summed E-state index contributed by atoms with van der Waals surface area (Å²) in [5.41, 5.74) is 9.40. The highest BCUT2D eigenvalue weighted by atomic mass is 16.5. The minimum Gasteiger partial charge on any atom is -0.438 e. The molecule has 1 aromatic carbocycles. The smallest absolute Gasteiger partial charge is 0.223 e. The molecule has 1 heterocycles. The van der Waals surface area contributed by atoms with Crippen molar-refractivity contribution < 1.29 is 4.74 Å². The molecule has 1 aromatic heterocycles. The zero-order valence-electron chi connectivity index (χ0n) is 13.5. The maximum absolute atomic E-state index is 5.98. The molecule has 0 saturated heterocycles. The van der Waals surface area contributed by atoms with Crippen LogP contribution in [-0.2, 0) is 5.41 Å². The number of hydrogen-bond donors (Lipinski definition) is 1. The summed E-state index contributed by atoms with van der Waals surface area (Å²) in [5, 5.41) is 0. The fourth-order valence-electron chi connectivity index (χ4n) is 2.17. The molecular formula is C18H24N2O. The van der Waals surface area contributed by atoms with Gasteiger partial charge in [-0.2, -0.15) is 0 Å². The molecule has 21 heavy (non-hydrogen) atoms. The largest absolute Gasteiger partial charge is 0.438 e. The third-order valence-corrected chi connectivity index (χ3v) is 3.54. The zero-order chi connectivity index (χ0) is 15.6. The Morgan fingerprint density at radius 3 is 2.48 bits per heavy atom. The lowest BCUT2D eigenvalue weighted by molar-refractivity contribution is 0.448. The fraction of sp³-hybridized carbons (Fsp3) is 0.389. The second-order valence-corrected chi connectivity index (χ2v) is 6.52. The molecule has 0 amide bonds. The Morgan fingerprint density at radius 2 is 1.90 bits per heavy atom. The van der Waals surface area contributed by atoms with E-state index in [2.05, 4.69) is 44.8 Å². The number of hydrogen-bond acceptors (Lipinski definition) is 3. The van der Waals surface area contributed by atoms with Crippen LogP contribution in [0.15, 0.2) is 36.5 Å². The summed E-state index contributed by atoms with van der Waals surface area (Å²) >= 11 is 0. The number of pyridine rings is 1. The monoisotopic (exact) mass is 284 g/mol. The Labute approximate surface area is 127 Å². The Bertz CT molecular complexity index is 627. The molecule has 0 aliphatic carbocycles. The molecule has 2 aromatic rings. The summed E-state index contributed by atoms with van der Waals surface area (Å²) in [7, 11) is 0. The van der Waals surface area contributed by atoms with Gasteiger partial charge in [-0.3, -0.25) is 0 Å². The fourth-order valence-corrected chi connectivity index (χ4v) is 2.17. The molecule has 112 valence electrons. The van der Waals surface area contributed by atoms with Gasteiger partial charge < -0.3 is 10.5 Å². The van der Waals surface area contributed by atoms with Crippen LogP contribution in [0.25, 0.3) is 0 Å². The predicted octanol–water partition coefficient (Wildman–Crippen LogP) is 4.50. The second-order valence-electron chi connectivity index (χ2n) is 6.52. The number of rotatable bonds is 3. The van der Waals surface area contributed by atoms with E-state index < -0.39 is 0 Å². The average Bonchev–Trinajstić information content (AvgIpc) is 2.40. The number of nitrogens with two attached hydrogens (primary N) is 1. The van der Waals surface area contributed by atoms with Crippen LogP contribution >= 0.6 is 0 Å². The van der Waals surface area contributed by atoms with Gasteiger partial charge in [0.05, 0.1) is 0 Å². The Morgan fingerprint density at radius 1 is 1.19 bits per heavy atom. The first kappa shape index (κ1) is 15.5. The number of nitrogens with zero attached hydrogens (tertiary/aromatic N) is 1. The normalized spacial score (nSPS) is 13.0. The average molecular weight is 284 g/mol. The molecule has 3 nitrogen and oxygen atoms in total. The van der Waals surface area contributed by atoms with E-state index in [1.165, 1.54) is 5.56 Å². The molecule has 2 rings (SSSR count). The molecule has 3 heteroatoms. The van der Waals surface area contributed by atoms with E-state index in [1.54, 1.807) is 6.20 Å².